The van der Waals surface area contributed by atoms with Gasteiger partial charge in [-0.2, -0.15) is 0 Å². The molecule has 4 rings (SSSR count). The summed E-state index contributed by atoms with van der Waals surface area (Å²) in [5.41, 5.74) is 7.65. The van der Waals surface area contributed by atoms with Gasteiger partial charge in [0.05, 0.1) is 0 Å². The third kappa shape index (κ3) is 7.16. The van der Waals surface area contributed by atoms with Crippen molar-refractivity contribution in [2.45, 2.75) is 155 Å². The van der Waals surface area contributed by atoms with Crippen molar-refractivity contribution in [3.63, 3.8) is 0 Å². The van der Waals surface area contributed by atoms with E-state index in [1.807, 2.05) is 0 Å². The molecule has 2 N–H and O–H groups in total. The fourth-order valence-electron chi connectivity index (χ4n) is 6.20. The first-order valence-corrected chi connectivity index (χ1v) is 15.4. The number of benzene rings is 2. The van der Waals surface area contributed by atoms with Crippen LogP contribution in [0.15, 0.2) is 24.3 Å². The van der Waals surface area contributed by atoms with E-state index in [1.165, 1.54) is 73.6 Å². The molecule has 2 aliphatic rings. The van der Waals surface area contributed by atoms with Crippen LogP contribution in [0.3, 0.4) is 0 Å². The molecule has 0 bridgehead atoms. The normalized spacial score (nSPS) is 17.4. The average Bonchev–Trinajstić information content (AvgIpc) is 3.52. The zero-order chi connectivity index (χ0) is 28.4. The maximum absolute atomic E-state index is 10.9. The smallest absolute Gasteiger partial charge is 0.122 e. The molecule has 2 nitrogen and oxygen atoms in total. The van der Waals surface area contributed by atoms with Crippen LogP contribution >= 0.6 is 0 Å². The van der Waals surface area contributed by atoms with Crippen molar-refractivity contribution in [2.24, 2.45) is 0 Å². The molecule has 0 radical (unpaired) electrons. The van der Waals surface area contributed by atoms with Gasteiger partial charge in [-0.3, -0.25) is 0 Å². The van der Waals surface area contributed by atoms with Crippen LogP contribution in [0.4, 0.5) is 0 Å². The molecule has 2 saturated carbocycles. The fraction of sp³-hybridized carbons (Fsp3) is 0.667. The molecule has 2 fully saturated rings. The number of phenolic OH excluding ortho intramolecular Hbond substituents is 2. The van der Waals surface area contributed by atoms with Crippen LogP contribution in [0.5, 0.6) is 11.5 Å². The Kier molecular flexibility index (Phi) is 9.70. The van der Waals surface area contributed by atoms with E-state index in [1.54, 1.807) is 0 Å². The summed E-state index contributed by atoms with van der Waals surface area (Å²) in [6, 6.07) is 8.94. The zero-order valence-corrected chi connectivity index (χ0v) is 26.2. The standard InChI is InChI=1S/C20H30O.C16H26O/c1-20(2,3)16-12-17(14-8-4-5-9-14)19(21)18(13-16)15-10-6-7-11-15;1-10(2)13-8-12(16(5,6)7)9-14(11(3)4)15(13)17/h12-15,21H,4-11H2,1-3H3;8-11,17H,1-7H3. The van der Waals surface area contributed by atoms with Crippen LogP contribution in [-0.4, -0.2) is 10.2 Å². The molecule has 2 aliphatic carbocycles. The number of phenols is 2. The minimum atomic E-state index is 0.126. The van der Waals surface area contributed by atoms with Crippen LogP contribution in [0.1, 0.15) is 178 Å². The highest BCUT2D eigenvalue weighted by atomic mass is 16.3. The highest BCUT2D eigenvalue weighted by Gasteiger charge is 2.29. The molecule has 0 amide bonds. The van der Waals surface area contributed by atoms with Gasteiger partial charge in [0, 0.05) is 0 Å². The summed E-state index contributed by atoms with van der Waals surface area (Å²) >= 11 is 0. The number of hydrogen-bond donors (Lipinski definition) is 2. The first-order chi connectivity index (χ1) is 17.6. The molecule has 0 unspecified atom stereocenters. The second-order valence-corrected chi connectivity index (χ2v) is 14.8. The zero-order valence-electron chi connectivity index (χ0n) is 26.2. The van der Waals surface area contributed by atoms with Crippen molar-refractivity contribution in [3.8, 4) is 11.5 Å². The van der Waals surface area contributed by atoms with Gasteiger partial charge in [-0.25, -0.2) is 0 Å². The molecule has 0 atom stereocenters. The number of hydrogen-bond acceptors (Lipinski definition) is 2. The third-order valence-corrected chi connectivity index (χ3v) is 8.90. The van der Waals surface area contributed by atoms with E-state index in [2.05, 4.69) is 93.5 Å². The van der Waals surface area contributed by atoms with E-state index in [4.69, 9.17) is 0 Å². The minimum Gasteiger partial charge on any atom is -0.507 e. The number of aromatic hydroxyl groups is 2. The Morgan fingerprint density at radius 1 is 0.553 bits per heavy atom. The van der Waals surface area contributed by atoms with Crippen molar-refractivity contribution in [1.82, 2.24) is 0 Å². The molecule has 2 heteroatoms. The van der Waals surface area contributed by atoms with Gasteiger partial charge >= 0.3 is 0 Å². The Morgan fingerprint density at radius 2 is 0.868 bits per heavy atom. The van der Waals surface area contributed by atoms with Crippen LogP contribution in [0.25, 0.3) is 0 Å². The van der Waals surface area contributed by atoms with Crippen molar-refractivity contribution in [2.75, 3.05) is 0 Å². The molecule has 38 heavy (non-hydrogen) atoms. The van der Waals surface area contributed by atoms with E-state index in [0.717, 1.165) is 11.1 Å². The Labute approximate surface area is 234 Å². The lowest BCUT2D eigenvalue weighted by atomic mass is 9.80. The Bertz CT molecular complexity index is 999. The SMILES string of the molecule is CC(C)(C)c1cc(C2CCCC2)c(O)c(C2CCCC2)c1.CC(C)c1cc(C(C)(C)C)cc(C(C)C)c1O. The second kappa shape index (κ2) is 12.1. The largest absolute Gasteiger partial charge is 0.507 e. The summed E-state index contributed by atoms with van der Waals surface area (Å²) in [6.45, 7) is 22.0. The van der Waals surface area contributed by atoms with Gasteiger partial charge in [-0.1, -0.05) is 119 Å². The fourth-order valence-corrected chi connectivity index (χ4v) is 6.20. The molecule has 0 aromatic heterocycles. The molecule has 212 valence electrons. The van der Waals surface area contributed by atoms with Gasteiger partial charge in [-0.05, 0) is 93.6 Å². The van der Waals surface area contributed by atoms with Gasteiger partial charge in [0.25, 0.3) is 0 Å². The van der Waals surface area contributed by atoms with Gasteiger partial charge in [-0.15, -0.1) is 0 Å². The molecular weight excluding hydrogens is 464 g/mol. The van der Waals surface area contributed by atoms with Crippen LogP contribution in [-0.2, 0) is 10.8 Å². The Hall–Kier alpha value is -1.96. The van der Waals surface area contributed by atoms with Gasteiger partial charge < -0.3 is 10.2 Å². The maximum atomic E-state index is 10.9. The molecule has 2 aromatic carbocycles. The first-order valence-electron chi connectivity index (χ1n) is 15.4. The predicted molar refractivity (Wildman–Crippen MR) is 164 cm³/mol. The molecule has 2 aromatic rings. The summed E-state index contributed by atoms with van der Waals surface area (Å²) in [5, 5.41) is 21.2. The van der Waals surface area contributed by atoms with E-state index in [0.29, 0.717) is 35.2 Å². The molecule has 0 heterocycles. The Morgan fingerprint density at radius 3 is 1.16 bits per heavy atom. The Balaban J connectivity index is 0.000000216. The predicted octanol–water partition coefficient (Wildman–Crippen LogP) is 10.9. The summed E-state index contributed by atoms with van der Waals surface area (Å²) in [7, 11) is 0. The third-order valence-electron chi connectivity index (χ3n) is 8.90. The quantitative estimate of drug-likeness (QED) is 0.421. The summed E-state index contributed by atoms with van der Waals surface area (Å²) in [5.74, 6) is 3.02. The van der Waals surface area contributed by atoms with Gasteiger partial charge in [0.2, 0.25) is 0 Å². The van der Waals surface area contributed by atoms with E-state index < -0.39 is 0 Å². The molecule has 0 saturated heterocycles. The summed E-state index contributed by atoms with van der Waals surface area (Å²) in [4.78, 5) is 0. The lowest BCUT2D eigenvalue weighted by molar-refractivity contribution is 0.445. The highest BCUT2D eigenvalue weighted by Crippen LogP contribution is 2.47. The van der Waals surface area contributed by atoms with E-state index >= 15 is 0 Å². The maximum Gasteiger partial charge on any atom is 0.122 e. The molecule has 0 aliphatic heterocycles. The monoisotopic (exact) mass is 520 g/mol. The average molecular weight is 521 g/mol. The lowest BCUT2D eigenvalue weighted by Crippen LogP contribution is -2.13. The van der Waals surface area contributed by atoms with Gasteiger partial charge in [0.1, 0.15) is 11.5 Å². The molecule has 0 spiro atoms. The van der Waals surface area contributed by atoms with Crippen molar-refractivity contribution in [3.05, 3.63) is 57.6 Å². The molecular formula is C36H56O2. The van der Waals surface area contributed by atoms with E-state index in [-0.39, 0.29) is 10.8 Å². The van der Waals surface area contributed by atoms with Crippen molar-refractivity contribution < 1.29 is 10.2 Å². The summed E-state index contributed by atoms with van der Waals surface area (Å²) < 4.78 is 0. The van der Waals surface area contributed by atoms with Crippen LogP contribution in [0, 0.1) is 0 Å². The van der Waals surface area contributed by atoms with Gasteiger partial charge in [0.15, 0.2) is 0 Å². The van der Waals surface area contributed by atoms with Crippen LogP contribution in [0.2, 0.25) is 0 Å². The lowest BCUT2D eigenvalue weighted by Gasteiger charge is -2.26. The summed E-state index contributed by atoms with van der Waals surface area (Å²) in [6.07, 6.45) is 10.3. The van der Waals surface area contributed by atoms with E-state index in [9.17, 15) is 10.2 Å². The first kappa shape index (κ1) is 30.6. The topological polar surface area (TPSA) is 40.5 Å². The highest BCUT2D eigenvalue weighted by molar-refractivity contribution is 5.50. The van der Waals surface area contributed by atoms with Crippen molar-refractivity contribution >= 4 is 0 Å². The second-order valence-electron chi connectivity index (χ2n) is 14.8. The van der Waals surface area contributed by atoms with Crippen LogP contribution < -0.4 is 0 Å². The number of rotatable bonds is 4. The van der Waals surface area contributed by atoms with Crippen molar-refractivity contribution in [1.29, 1.82) is 0 Å². The minimum absolute atomic E-state index is 0.126.